The minimum absolute atomic E-state index is 0.0463. The second-order valence-corrected chi connectivity index (χ2v) is 2.84. The van der Waals surface area contributed by atoms with Crippen molar-refractivity contribution in [1.82, 2.24) is 0 Å². The van der Waals surface area contributed by atoms with Gasteiger partial charge in [0.15, 0.2) is 0 Å². The molecule has 1 heterocycles. The molecule has 4 heteroatoms. The monoisotopic (exact) mass is 153 g/mol. The molecule has 1 aliphatic heterocycles. The zero-order valence-corrected chi connectivity index (χ0v) is 6.55. The summed E-state index contributed by atoms with van der Waals surface area (Å²) in [7, 11) is 1.27. The highest BCUT2D eigenvalue weighted by atomic mass is 16.4. The van der Waals surface area contributed by atoms with E-state index in [1.165, 1.54) is 19.9 Å². The van der Waals surface area contributed by atoms with Crippen molar-refractivity contribution in [2.75, 3.05) is 6.54 Å². The van der Waals surface area contributed by atoms with E-state index < -0.39 is 5.97 Å². The zero-order valence-electron chi connectivity index (χ0n) is 6.55. The molecule has 1 aliphatic rings. The van der Waals surface area contributed by atoms with Gasteiger partial charge in [-0.15, -0.1) is 0 Å². The van der Waals surface area contributed by atoms with Crippen LogP contribution in [0.1, 0.15) is 12.8 Å². The first-order valence-electron chi connectivity index (χ1n) is 4.03. The number of hydrogen-bond acceptors (Lipinski definition) is 2. The lowest BCUT2D eigenvalue weighted by atomic mass is 9.64. The van der Waals surface area contributed by atoms with Crippen LogP contribution in [0.4, 0.5) is 0 Å². The molecule has 0 bridgehead atoms. The number of nitrogens with zero attached hydrogens (tertiary/aromatic N) is 1. The Bertz CT molecular complexity index is 171. The highest BCUT2D eigenvalue weighted by Crippen LogP contribution is 2.09. The van der Waals surface area contributed by atoms with E-state index in [9.17, 15) is 4.79 Å². The summed E-state index contributed by atoms with van der Waals surface area (Å²) in [5.74, 6) is -0.830. The van der Waals surface area contributed by atoms with Crippen molar-refractivity contribution in [3.05, 3.63) is 0 Å². The van der Waals surface area contributed by atoms with E-state index in [2.05, 4.69) is 4.99 Å². The second-order valence-electron chi connectivity index (χ2n) is 2.84. The summed E-state index contributed by atoms with van der Waals surface area (Å²) >= 11 is 0. The van der Waals surface area contributed by atoms with Crippen LogP contribution in [0.2, 0.25) is 12.6 Å². The average molecular weight is 153 g/mol. The highest BCUT2D eigenvalue weighted by Gasteiger charge is 2.07. The van der Waals surface area contributed by atoms with Gasteiger partial charge in [-0.3, -0.25) is 9.79 Å². The minimum Gasteiger partial charge on any atom is -0.480 e. The van der Waals surface area contributed by atoms with Gasteiger partial charge in [0.2, 0.25) is 0 Å². The predicted octanol–water partition coefficient (Wildman–Crippen LogP) is 0.579. The van der Waals surface area contributed by atoms with E-state index in [-0.39, 0.29) is 6.54 Å². The van der Waals surface area contributed by atoms with Gasteiger partial charge < -0.3 is 5.11 Å². The van der Waals surface area contributed by atoms with E-state index in [1.54, 1.807) is 0 Å². The third-order valence-electron chi connectivity index (χ3n) is 1.87. The molecule has 11 heavy (non-hydrogen) atoms. The first-order valence-corrected chi connectivity index (χ1v) is 4.03. The molecule has 0 saturated carbocycles. The smallest absolute Gasteiger partial charge is 0.325 e. The van der Waals surface area contributed by atoms with Crippen LogP contribution >= 0.6 is 0 Å². The molecule has 0 aromatic heterocycles. The maximum atomic E-state index is 10.1. The Hall–Kier alpha value is -0.795. The van der Waals surface area contributed by atoms with Crippen LogP contribution in [0.3, 0.4) is 0 Å². The van der Waals surface area contributed by atoms with E-state index in [4.69, 9.17) is 5.11 Å². The lowest BCUT2D eigenvalue weighted by molar-refractivity contribution is -0.135. The van der Waals surface area contributed by atoms with Crippen LogP contribution in [0.15, 0.2) is 4.99 Å². The Morgan fingerprint density at radius 3 is 2.73 bits per heavy atom. The molecule has 1 fully saturated rings. The van der Waals surface area contributed by atoms with Crippen molar-refractivity contribution in [2.24, 2.45) is 4.99 Å². The van der Waals surface area contributed by atoms with Crippen molar-refractivity contribution in [3.8, 4) is 0 Å². The molecule has 0 atom stereocenters. The van der Waals surface area contributed by atoms with Crippen LogP contribution < -0.4 is 0 Å². The van der Waals surface area contributed by atoms with E-state index in [0.29, 0.717) is 0 Å². The Labute approximate surface area is 66.8 Å². The second kappa shape index (κ2) is 4.16. The summed E-state index contributed by atoms with van der Waals surface area (Å²) in [4.78, 5) is 14.1. The summed E-state index contributed by atoms with van der Waals surface area (Å²) in [5, 5.41) is 8.34. The molecule has 0 aromatic rings. The van der Waals surface area contributed by atoms with Gasteiger partial charge in [-0.2, -0.15) is 0 Å². The minimum atomic E-state index is -0.830. The first-order chi connectivity index (χ1) is 5.29. The van der Waals surface area contributed by atoms with Gasteiger partial charge in [0.25, 0.3) is 0 Å². The number of carboxylic acid groups (broad SMARTS) is 1. The number of aliphatic carboxylic acids is 1. The molecular weight excluding hydrogens is 141 g/mol. The molecule has 0 aliphatic carbocycles. The standard InChI is InChI=1S/C7H12BNO2/c10-7(11)5-9-6-1-3-8-4-2-6/h8H,1-5H2,(H,10,11). The number of carboxylic acids is 1. The fourth-order valence-corrected chi connectivity index (χ4v) is 1.30. The number of hydrogen-bond donors (Lipinski definition) is 1. The van der Waals surface area contributed by atoms with Gasteiger partial charge in [0.1, 0.15) is 13.8 Å². The molecule has 60 valence electrons. The average Bonchev–Trinajstić information content (AvgIpc) is 2.03. The third kappa shape index (κ3) is 3.21. The van der Waals surface area contributed by atoms with Crippen molar-refractivity contribution in [1.29, 1.82) is 0 Å². The largest absolute Gasteiger partial charge is 0.480 e. The van der Waals surface area contributed by atoms with Crippen molar-refractivity contribution in [3.63, 3.8) is 0 Å². The Morgan fingerprint density at radius 1 is 1.55 bits per heavy atom. The summed E-state index contributed by atoms with van der Waals surface area (Å²) in [6.45, 7) is -0.0463. The van der Waals surface area contributed by atoms with Gasteiger partial charge in [0, 0.05) is 5.71 Å². The number of carbonyl (C=O) groups is 1. The quantitative estimate of drug-likeness (QED) is 0.589. The maximum Gasteiger partial charge on any atom is 0.325 e. The highest BCUT2D eigenvalue weighted by molar-refractivity contribution is 6.37. The van der Waals surface area contributed by atoms with E-state index >= 15 is 0 Å². The molecule has 3 nitrogen and oxygen atoms in total. The molecule has 0 amide bonds. The Balaban J connectivity index is 2.32. The summed E-state index contributed by atoms with van der Waals surface area (Å²) in [6.07, 6.45) is 4.37. The van der Waals surface area contributed by atoms with Crippen molar-refractivity contribution in [2.45, 2.75) is 25.5 Å². The summed E-state index contributed by atoms with van der Waals surface area (Å²) < 4.78 is 0. The summed E-state index contributed by atoms with van der Waals surface area (Å²) in [5.41, 5.74) is 1.10. The fourth-order valence-electron chi connectivity index (χ4n) is 1.30. The molecule has 0 unspecified atom stereocenters. The molecular formula is C7H12BNO2. The lowest BCUT2D eigenvalue weighted by Crippen LogP contribution is -2.11. The van der Waals surface area contributed by atoms with Crippen LogP contribution in [-0.2, 0) is 4.79 Å². The molecule has 1 saturated heterocycles. The van der Waals surface area contributed by atoms with Crippen molar-refractivity contribution < 1.29 is 9.90 Å². The van der Waals surface area contributed by atoms with E-state index in [0.717, 1.165) is 18.6 Å². The SMILES string of the molecule is O=C(O)CN=C1CCBCC1. The molecule has 1 N–H and O–H groups in total. The maximum absolute atomic E-state index is 10.1. The fraction of sp³-hybridized carbons (Fsp3) is 0.714. The Kier molecular flexibility index (Phi) is 3.14. The molecule has 1 rings (SSSR count). The van der Waals surface area contributed by atoms with Gasteiger partial charge in [-0.1, -0.05) is 12.6 Å². The number of rotatable bonds is 2. The van der Waals surface area contributed by atoms with Crippen LogP contribution in [0, 0.1) is 0 Å². The Morgan fingerprint density at radius 2 is 2.18 bits per heavy atom. The van der Waals surface area contributed by atoms with Gasteiger partial charge in [0.05, 0.1) is 0 Å². The van der Waals surface area contributed by atoms with E-state index in [1.807, 2.05) is 0 Å². The van der Waals surface area contributed by atoms with Gasteiger partial charge in [-0.25, -0.2) is 0 Å². The van der Waals surface area contributed by atoms with Crippen LogP contribution in [0.25, 0.3) is 0 Å². The molecule has 0 radical (unpaired) electrons. The molecule has 0 spiro atoms. The zero-order chi connectivity index (χ0) is 8.10. The summed E-state index contributed by atoms with van der Waals surface area (Å²) in [6, 6.07) is 0. The van der Waals surface area contributed by atoms with Gasteiger partial charge >= 0.3 is 5.97 Å². The van der Waals surface area contributed by atoms with Crippen LogP contribution in [-0.4, -0.2) is 30.6 Å². The number of aliphatic imine (C=N–C) groups is 1. The van der Waals surface area contributed by atoms with Crippen molar-refractivity contribution >= 4 is 19.0 Å². The normalized spacial score (nSPS) is 17.3. The first kappa shape index (κ1) is 8.30. The third-order valence-corrected chi connectivity index (χ3v) is 1.87. The molecule has 0 aromatic carbocycles. The topological polar surface area (TPSA) is 49.7 Å². The van der Waals surface area contributed by atoms with Gasteiger partial charge in [-0.05, 0) is 12.8 Å². The predicted molar refractivity (Wildman–Crippen MR) is 45.9 cm³/mol. The van der Waals surface area contributed by atoms with Crippen LogP contribution in [0.5, 0.6) is 0 Å². The lowest BCUT2D eigenvalue weighted by Gasteiger charge is -2.10.